The molecule has 1 aliphatic heterocycles. The SMILES string of the molecule is Cc1c(C(=O)C(=O)NC2(C)COC2)c(C)n(C)c1C=O. The highest BCUT2D eigenvalue weighted by Crippen LogP contribution is 2.21. The van der Waals surface area contributed by atoms with Gasteiger partial charge in [0.25, 0.3) is 11.7 Å². The van der Waals surface area contributed by atoms with Crippen LogP contribution in [0.25, 0.3) is 0 Å². The molecule has 1 amide bonds. The van der Waals surface area contributed by atoms with Crippen LogP contribution in [-0.2, 0) is 16.6 Å². The number of nitrogens with one attached hydrogen (secondary N) is 1. The maximum Gasteiger partial charge on any atom is 0.293 e. The van der Waals surface area contributed by atoms with E-state index in [1.54, 1.807) is 25.5 Å². The molecular formula is C14H18N2O4. The third kappa shape index (κ3) is 2.16. The first kappa shape index (κ1) is 14.5. The van der Waals surface area contributed by atoms with E-state index in [-0.39, 0.29) is 0 Å². The van der Waals surface area contributed by atoms with Crippen LogP contribution in [0.2, 0.25) is 0 Å². The van der Waals surface area contributed by atoms with Gasteiger partial charge >= 0.3 is 0 Å². The molecule has 2 rings (SSSR count). The molecule has 6 heteroatoms. The van der Waals surface area contributed by atoms with Gasteiger partial charge in [0.2, 0.25) is 0 Å². The molecule has 20 heavy (non-hydrogen) atoms. The van der Waals surface area contributed by atoms with Crippen LogP contribution < -0.4 is 5.32 Å². The quantitative estimate of drug-likeness (QED) is 0.495. The van der Waals surface area contributed by atoms with E-state index in [9.17, 15) is 14.4 Å². The van der Waals surface area contributed by atoms with Crippen LogP contribution in [0.5, 0.6) is 0 Å². The van der Waals surface area contributed by atoms with Crippen molar-refractivity contribution in [3.8, 4) is 0 Å². The Morgan fingerprint density at radius 2 is 1.95 bits per heavy atom. The zero-order valence-corrected chi connectivity index (χ0v) is 12.1. The van der Waals surface area contributed by atoms with Gasteiger partial charge in [0.05, 0.1) is 30.0 Å². The molecule has 1 aromatic heterocycles. The van der Waals surface area contributed by atoms with Gasteiger partial charge in [-0.15, -0.1) is 0 Å². The molecule has 0 bridgehead atoms. The van der Waals surface area contributed by atoms with Crippen LogP contribution >= 0.6 is 0 Å². The zero-order chi connectivity index (χ0) is 15.1. The molecule has 108 valence electrons. The lowest BCUT2D eigenvalue weighted by Gasteiger charge is -2.38. The lowest BCUT2D eigenvalue weighted by molar-refractivity contribution is -0.126. The van der Waals surface area contributed by atoms with E-state index in [0.717, 1.165) is 0 Å². The van der Waals surface area contributed by atoms with Crippen LogP contribution in [0.4, 0.5) is 0 Å². The summed E-state index contributed by atoms with van der Waals surface area (Å²) in [7, 11) is 1.70. The highest BCUT2D eigenvalue weighted by molar-refractivity contribution is 6.43. The number of hydrogen-bond acceptors (Lipinski definition) is 4. The summed E-state index contributed by atoms with van der Waals surface area (Å²) in [6, 6.07) is 0. The van der Waals surface area contributed by atoms with Crippen molar-refractivity contribution >= 4 is 18.0 Å². The fourth-order valence-electron chi connectivity index (χ4n) is 2.43. The summed E-state index contributed by atoms with van der Waals surface area (Å²) in [5.74, 6) is -1.28. The summed E-state index contributed by atoms with van der Waals surface area (Å²) < 4.78 is 6.66. The molecule has 1 saturated heterocycles. The van der Waals surface area contributed by atoms with E-state index in [1.807, 2.05) is 6.92 Å². The number of amides is 1. The highest BCUT2D eigenvalue weighted by atomic mass is 16.5. The molecule has 1 N–H and O–H groups in total. The van der Waals surface area contributed by atoms with Crippen LogP contribution in [0.1, 0.15) is 39.0 Å². The number of hydrogen-bond donors (Lipinski definition) is 1. The van der Waals surface area contributed by atoms with Crippen molar-refractivity contribution in [3.63, 3.8) is 0 Å². The Balaban J connectivity index is 2.29. The Hall–Kier alpha value is -1.95. The first-order valence-electron chi connectivity index (χ1n) is 6.36. The molecule has 0 spiro atoms. The van der Waals surface area contributed by atoms with E-state index in [2.05, 4.69) is 5.32 Å². The van der Waals surface area contributed by atoms with Gasteiger partial charge in [-0.05, 0) is 26.3 Å². The number of rotatable bonds is 4. The molecule has 1 aliphatic rings. The summed E-state index contributed by atoms with van der Waals surface area (Å²) >= 11 is 0. The van der Waals surface area contributed by atoms with Gasteiger partial charge in [0, 0.05) is 12.7 Å². The summed E-state index contributed by atoms with van der Waals surface area (Å²) in [6.07, 6.45) is 0.693. The molecule has 0 saturated carbocycles. The van der Waals surface area contributed by atoms with E-state index in [1.165, 1.54) is 0 Å². The average molecular weight is 278 g/mol. The molecule has 6 nitrogen and oxygen atoms in total. The van der Waals surface area contributed by atoms with Crippen molar-refractivity contribution < 1.29 is 19.1 Å². The van der Waals surface area contributed by atoms with Crippen molar-refractivity contribution in [2.24, 2.45) is 7.05 Å². The molecule has 0 atom stereocenters. The fourth-order valence-corrected chi connectivity index (χ4v) is 2.43. The van der Waals surface area contributed by atoms with Crippen LogP contribution in [0.15, 0.2) is 0 Å². The van der Waals surface area contributed by atoms with Gasteiger partial charge in [-0.25, -0.2) is 0 Å². The summed E-state index contributed by atoms with van der Waals surface area (Å²) in [5, 5.41) is 2.68. The minimum Gasteiger partial charge on any atom is -0.376 e. The maximum atomic E-state index is 12.3. The average Bonchev–Trinajstić information content (AvgIpc) is 2.57. The second-order valence-electron chi connectivity index (χ2n) is 5.48. The predicted molar refractivity (Wildman–Crippen MR) is 72.0 cm³/mol. The largest absolute Gasteiger partial charge is 0.376 e. The first-order valence-corrected chi connectivity index (χ1v) is 6.36. The van der Waals surface area contributed by atoms with Crippen LogP contribution in [0, 0.1) is 13.8 Å². The molecule has 0 aromatic carbocycles. The van der Waals surface area contributed by atoms with E-state index < -0.39 is 17.2 Å². The highest BCUT2D eigenvalue weighted by Gasteiger charge is 2.37. The van der Waals surface area contributed by atoms with E-state index in [0.29, 0.717) is 42.0 Å². The number of aldehydes is 1. The minimum atomic E-state index is -0.662. The second-order valence-corrected chi connectivity index (χ2v) is 5.48. The van der Waals surface area contributed by atoms with Gasteiger partial charge in [0.15, 0.2) is 6.29 Å². The van der Waals surface area contributed by atoms with Gasteiger partial charge in [-0.3, -0.25) is 14.4 Å². The predicted octanol–water partition coefficient (Wildman–Crippen LogP) is 0.542. The number of aromatic nitrogens is 1. The zero-order valence-electron chi connectivity index (χ0n) is 12.1. The summed E-state index contributed by atoms with van der Waals surface area (Å²) in [6.45, 7) is 6.01. The topological polar surface area (TPSA) is 77.4 Å². The molecular weight excluding hydrogens is 260 g/mol. The van der Waals surface area contributed by atoms with Crippen molar-refractivity contribution in [1.29, 1.82) is 0 Å². The van der Waals surface area contributed by atoms with Gasteiger partial charge in [-0.1, -0.05) is 0 Å². The molecule has 0 unspecified atom stereocenters. The number of carbonyl (C=O) groups excluding carboxylic acids is 3. The molecule has 1 aromatic rings. The molecule has 1 fully saturated rings. The van der Waals surface area contributed by atoms with Crippen molar-refractivity contribution in [2.45, 2.75) is 26.3 Å². The van der Waals surface area contributed by atoms with Crippen molar-refractivity contribution in [3.05, 3.63) is 22.5 Å². The Morgan fingerprint density at radius 1 is 1.35 bits per heavy atom. The number of Topliss-reactive ketones (excluding diaryl/α,β-unsaturated/α-hetero) is 1. The molecule has 2 heterocycles. The number of ether oxygens (including phenoxy) is 1. The minimum absolute atomic E-state index is 0.302. The Labute approximate surface area is 117 Å². The van der Waals surface area contributed by atoms with Crippen molar-refractivity contribution in [2.75, 3.05) is 13.2 Å². The Morgan fingerprint density at radius 3 is 2.35 bits per heavy atom. The Bertz CT molecular complexity index is 597. The fraction of sp³-hybridized carbons (Fsp3) is 0.500. The standard InChI is InChI=1S/C14H18N2O4/c1-8-10(5-17)16(4)9(2)11(8)12(18)13(19)15-14(3)6-20-7-14/h5H,6-7H2,1-4H3,(H,15,19). The second kappa shape index (κ2) is 4.86. The number of carbonyl (C=O) groups is 3. The number of ketones is 1. The van der Waals surface area contributed by atoms with Crippen LogP contribution in [0.3, 0.4) is 0 Å². The molecule has 0 radical (unpaired) electrons. The first-order chi connectivity index (χ1) is 9.30. The third-order valence-corrected chi connectivity index (χ3v) is 3.79. The summed E-state index contributed by atoms with van der Waals surface area (Å²) in [5.41, 5.74) is 1.39. The smallest absolute Gasteiger partial charge is 0.293 e. The number of nitrogens with zero attached hydrogens (tertiary/aromatic N) is 1. The monoisotopic (exact) mass is 278 g/mol. The van der Waals surface area contributed by atoms with E-state index >= 15 is 0 Å². The van der Waals surface area contributed by atoms with Gasteiger partial charge in [0.1, 0.15) is 0 Å². The van der Waals surface area contributed by atoms with Gasteiger partial charge < -0.3 is 14.6 Å². The Kier molecular flexibility index (Phi) is 3.52. The normalized spacial score (nSPS) is 16.4. The van der Waals surface area contributed by atoms with E-state index in [4.69, 9.17) is 4.74 Å². The van der Waals surface area contributed by atoms with Crippen LogP contribution in [-0.4, -0.2) is 41.3 Å². The van der Waals surface area contributed by atoms with Gasteiger partial charge in [-0.2, -0.15) is 0 Å². The summed E-state index contributed by atoms with van der Waals surface area (Å²) in [4.78, 5) is 35.4. The van der Waals surface area contributed by atoms with Crippen molar-refractivity contribution in [1.82, 2.24) is 9.88 Å². The lowest BCUT2D eigenvalue weighted by atomic mass is 9.99. The third-order valence-electron chi connectivity index (χ3n) is 3.79. The maximum absolute atomic E-state index is 12.3. The lowest BCUT2D eigenvalue weighted by Crippen LogP contribution is -2.61. The molecule has 0 aliphatic carbocycles.